The normalized spacial score (nSPS) is 11.6. The lowest BCUT2D eigenvalue weighted by Gasteiger charge is -2.28. The van der Waals surface area contributed by atoms with Gasteiger partial charge in [-0.1, -0.05) is 91.0 Å². The highest BCUT2D eigenvalue weighted by molar-refractivity contribution is 5.67. The molecule has 2 N–H and O–H groups in total. The maximum absolute atomic E-state index is 12.0. The molecule has 39 heavy (non-hydrogen) atoms. The summed E-state index contributed by atoms with van der Waals surface area (Å²) in [4.78, 5) is 17.1. The molecule has 3 aromatic rings. The molecule has 1 amide bonds. The van der Waals surface area contributed by atoms with Crippen LogP contribution in [-0.2, 0) is 24.4 Å². The van der Waals surface area contributed by atoms with E-state index in [1.807, 2.05) is 20.8 Å². The summed E-state index contributed by atoms with van der Waals surface area (Å²) in [6, 6.07) is 31.9. The van der Waals surface area contributed by atoms with Crippen LogP contribution >= 0.6 is 0 Å². The molecule has 0 aliphatic heterocycles. The van der Waals surface area contributed by atoms with Gasteiger partial charge < -0.3 is 15.4 Å². The topological polar surface area (TPSA) is 56.8 Å². The van der Waals surface area contributed by atoms with E-state index in [9.17, 15) is 4.79 Å². The molecule has 3 aromatic carbocycles. The number of rotatable bonds is 16. The second kappa shape index (κ2) is 16.7. The number of nitrogens with one attached hydrogen (secondary N) is 2. The number of nitrogens with zero attached hydrogens (tertiary/aromatic N) is 2. The fourth-order valence-electron chi connectivity index (χ4n) is 4.38. The summed E-state index contributed by atoms with van der Waals surface area (Å²) in [6.45, 7) is 13.7. The van der Waals surface area contributed by atoms with Gasteiger partial charge in [0, 0.05) is 58.9 Å². The Kier molecular flexibility index (Phi) is 13.0. The highest BCUT2D eigenvalue weighted by Crippen LogP contribution is 2.09. The predicted molar refractivity (Wildman–Crippen MR) is 160 cm³/mol. The van der Waals surface area contributed by atoms with Gasteiger partial charge >= 0.3 is 6.09 Å². The first-order valence-corrected chi connectivity index (χ1v) is 14.1. The molecule has 0 spiro atoms. The summed E-state index contributed by atoms with van der Waals surface area (Å²) in [5.74, 6) is 0. The molecular weight excluding hydrogens is 484 g/mol. The van der Waals surface area contributed by atoms with Crippen LogP contribution in [0.5, 0.6) is 0 Å². The first kappa shape index (κ1) is 30.4. The quantitative estimate of drug-likeness (QED) is 0.233. The molecule has 0 radical (unpaired) electrons. The van der Waals surface area contributed by atoms with E-state index in [-0.39, 0.29) is 6.09 Å². The number of alkyl carbamates (subject to hydrolysis) is 1. The number of benzene rings is 3. The van der Waals surface area contributed by atoms with E-state index in [1.165, 1.54) is 16.7 Å². The van der Waals surface area contributed by atoms with Gasteiger partial charge in [0.2, 0.25) is 0 Å². The summed E-state index contributed by atoms with van der Waals surface area (Å²) < 4.78 is 5.37. The smallest absolute Gasteiger partial charge is 0.407 e. The number of amides is 1. The molecule has 0 unspecified atom stereocenters. The molecule has 0 bridgehead atoms. The zero-order chi connectivity index (χ0) is 27.8. The molecule has 6 nitrogen and oxygen atoms in total. The summed E-state index contributed by atoms with van der Waals surface area (Å²) >= 11 is 0. The van der Waals surface area contributed by atoms with E-state index in [1.54, 1.807) is 0 Å². The van der Waals surface area contributed by atoms with Crippen molar-refractivity contribution in [2.75, 3.05) is 39.3 Å². The molecule has 0 aliphatic carbocycles. The molecule has 0 atom stereocenters. The van der Waals surface area contributed by atoms with Crippen molar-refractivity contribution in [3.8, 4) is 0 Å². The van der Waals surface area contributed by atoms with Crippen molar-refractivity contribution in [1.29, 1.82) is 0 Å². The summed E-state index contributed by atoms with van der Waals surface area (Å²) in [7, 11) is 0. The third kappa shape index (κ3) is 13.4. The number of carbonyl (C=O) groups excluding carboxylic acids is 1. The van der Waals surface area contributed by atoms with Crippen LogP contribution in [0.25, 0.3) is 0 Å². The lowest BCUT2D eigenvalue weighted by Crippen LogP contribution is -2.39. The minimum atomic E-state index is -0.485. The highest BCUT2D eigenvalue weighted by atomic mass is 16.6. The summed E-state index contributed by atoms with van der Waals surface area (Å²) in [6.07, 6.45) is 0.512. The molecule has 0 fully saturated rings. The SMILES string of the molecule is CC(C)(C)OC(=O)NCCCN(CCN(CCNCc1ccccc1)Cc1ccccc1)Cc1ccccc1. The van der Waals surface area contributed by atoms with Gasteiger partial charge in [-0.2, -0.15) is 0 Å². The third-order valence-electron chi connectivity index (χ3n) is 6.33. The van der Waals surface area contributed by atoms with E-state index >= 15 is 0 Å². The van der Waals surface area contributed by atoms with E-state index < -0.39 is 5.60 Å². The van der Waals surface area contributed by atoms with Crippen LogP contribution in [-0.4, -0.2) is 60.8 Å². The fraction of sp³-hybridized carbons (Fsp3) is 0.424. The first-order chi connectivity index (χ1) is 18.9. The van der Waals surface area contributed by atoms with Crippen molar-refractivity contribution in [3.63, 3.8) is 0 Å². The van der Waals surface area contributed by atoms with E-state index in [0.29, 0.717) is 6.54 Å². The van der Waals surface area contributed by atoms with Crippen molar-refractivity contribution in [1.82, 2.24) is 20.4 Å². The monoisotopic (exact) mass is 530 g/mol. The van der Waals surface area contributed by atoms with Crippen molar-refractivity contribution in [2.45, 2.75) is 52.4 Å². The Hall–Kier alpha value is -3.19. The average Bonchev–Trinajstić information content (AvgIpc) is 2.92. The second-order valence-corrected chi connectivity index (χ2v) is 11.0. The van der Waals surface area contributed by atoms with Crippen LogP contribution in [0.15, 0.2) is 91.0 Å². The Balaban J connectivity index is 1.54. The summed E-state index contributed by atoms with van der Waals surface area (Å²) in [5.41, 5.74) is 3.45. The minimum Gasteiger partial charge on any atom is -0.444 e. The fourth-order valence-corrected chi connectivity index (χ4v) is 4.38. The third-order valence-corrected chi connectivity index (χ3v) is 6.33. The second-order valence-electron chi connectivity index (χ2n) is 11.0. The van der Waals surface area contributed by atoms with E-state index in [0.717, 1.165) is 58.8 Å². The average molecular weight is 531 g/mol. The molecular formula is C33H46N4O2. The zero-order valence-electron chi connectivity index (χ0n) is 23.9. The number of ether oxygens (including phenoxy) is 1. The van der Waals surface area contributed by atoms with Gasteiger partial charge in [-0.15, -0.1) is 0 Å². The number of hydrogen-bond donors (Lipinski definition) is 2. The summed E-state index contributed by atoms with van der Waals surface area (Å²) in [5, 5.41) is 6.50. The minimum absolute atomic E-state index is 0.353. The van der Waals surface area contributed by atoms with Crippen molar-refractivity contribution < 1.29 is 9.53 Å². The van der Waals surface area contributed by atoms with Gasteiger partial charge in [-0.25, -0.2) is 4.79 Å². The number of carbonyl (C=O) groups is 1. The van der Waals surface area contributed by atoms with Crippen LogP contribution in [0.3, 0.4) is 0 Å². The molecule has 0 saturated carbocycles. The van der Waals surface area contributed by atoms with Gasteiger partial charge in [-0.05, 0) is 43.9 Å². The Bertz CT molecular complexity index is 1060. The van der Waals surface area contributed by atoms with Gasteiger partial charge in [-0.3, -0.25) is 9.80 Å². The maximum atomic E-state index is 12.0. The Morgan fingerprint density at radius 3 is 1.67 bits per heavy atom. The zero-order valence-corrected chi connectivity index (χ0v) is 23.9. The standard InChI is InChI=1S/C33H46N4O2/c1-33(2,3)39-32(38)35-20-13-22-36(27-30-16-9-5-10-17-30)24-25-37(28-31-18-11-6-12-19-31)23-21-34-26-29-14-7-4-8-15-29/h4-12,14-19,34H,13,20-28H2,1-3H3,(H,35,38). The van der Waals surface area contributed by atoms with Crippen LogP contribution in [0, 0.1) is 0 Å². The molecule has 3 rings (SSSR count). The highest BCUT2D eigenvalue weighted by Gasteiger charge is 2.16. The van der Waals surface area contributed by atoms with Gasteiger partial charge in [0.25, 0.3) is 0 Å². The van der Waals surface area contributed by atoms with Crippen LogP contribution in [0.4, 0.5) is 4.79 Å². The van der Waals surface area contributed by atoms with Crippen LogP contribution in [0.1, 0.15) is 43.9 Å². The lowest BCUT2D eigenvalue weighted by atomic mass is 10.2. The van der Waals surface area contributed by atoms with Crippen LogP contribution in [0.2, 0.25) is 0 Å². The Morgan fingerprint density at radius 2 is 1.15 bits per heavy atom. The Labute approximate surface area is 235 Å². The Morgan fingerprint density at radius 1 is 0.667 bits per heavy atom. The first-order valence-electron chi connectivity index (χ1n) is 14.1. The van der Waals surface area contributed by atoms with Gasteiger partial charge in [0.05, 0.1) is 0 Å². The maximum Gasteiger partial charge on any atom is 0.407 e. The van der Waals surface area contributed by atoms with Crippen molar-refractivity contribution >= 4 is 6.09 Å². The largest absolute Gasteiger partial charge is 0.444 e. The van der Waals surface area contributed by atoms with E-state index in [2.05, 4.69) is 111 Å². The predicted octanol–water partition coefficient (Wildman–Crippen LogP) is 5.70. The van der Waals surface area contributed by atoms with E-state index in [4.69, 9.17) is 4.74 Å². The van der Waals surface area contributed by atoms with Crippen LogP contribution < -0.4 is 10.6 Å². The van der Waals surface area contributed by atoms with Crippen molar-refractivity contribution in [3.05, 3.63) is 108 Å². The van der Waals surface area contributed by atoms with Gasteiger partial charge in [0.15, 0.2) is 0 Å². The van der Waals surface area contributed by atoms with Gasteiger partial charge in [0.1, 0.15) is 5.60 Å². The molecule has 210 valence electrons. The lowest BCUT2D eigenvalue weighted by molar-refractivity contribution is 0.0525. The molecule has 0 saturated heterocycles. The molecule has 0 heterocycles. The number of hydrogen-bond acceptors (Lipinski definition) is 5. The molecule has 0 aliphatic rings. The molecule has 6 heteroatoms. The molecule has 0 aromatic heterocycles. The van der Waals surface area contributed by atoms with Crippen molar-refractivity contribution in [2.24, 2.45) is 0 Å².